The number of phenols is 2. The van der Waals surface area contributed by atoms with E-state index in [4.69, 9.17) is 29.2 Å². The summed E-state index contributed by atoms with van der Waals surface area (Å²) in [5.41, 5.74) is 8.87. The molecule has 2 N–H and O–H groups in total. The van der Waals surface area contributed by atoms with Gasteiger partial charge in [-0.3, -0.25) is 0 Å². The van der Waals surface area contributed by atoms with Gasteiger partial charge in [0, 0.05) is 0 Å². The lowest BCUT2D eigenvalue weighted by Gasteiger charge is -2.13. The molecule has 2 aromatic carbocycles. The van der Waals surface area contributed by atoms with Gasteiger partial charge in [0.05, 0.1) is 24.3 Å². The summed E-state index contributed by atoms with van der Waals surface area (Å²) in [5, 5.41) is 18.0. The maximum Gasteiger partial charge on any atom is 0.338 e. The van der Waals surface area contributed by atoms with Gasteiger partial charge in [-0.05, 0) is 169 Å². The minimum Gasteiger partial charge on any atom is -0.504 e. The molecule has 8 nitrogen and oxygen atoms in total. The first kappa shape index (κ1) is 49.0. The number of esters is 2. The molecule has 0 unspecified atom stereocenters. The fourth-order valence-electron chi connectivity index (χ4n) is 5.17. The maximum absolute atomic E-state index is 12.3. The van der Waals surface area contributed by atoms with Crippen LogP contribution in [-0.4, -0.2) is 48.6 Å². The highest BCUT2D eigenvalue weighted by atomic mass is 16.5. The third kappa shape index (κ3) is 22.4. The van der Waals surface area contributed by atoms with E-state index in [-0.39, 0.29) is 29.6 Å². The molecule has 0 aliphatic rings. The van der Waals surface area contributed by atoms with E-state index >= 15 is 0 Å². The zero-order valence-electron chi connectivity index (χ0n) is 35.8. The standard InChI is InChI=1S/C39H58O4.C9H10O4/c1-10-41-39(40)36-23-24-37(42-27-25-34(8)21-13-19-32(6)17-11-15-30(2)3)38(29-36)43-28-26-35(9)22-14-20-33(7)18-12-16-31(4)5;1-2-13-9(12)6-3-4-7(10)8(11)5-6/h15-16,19-20,23-26,29H,10-14,17-18,21-22,27-28H2,1-9H3;3-5,10-11H,2H2,1H3/b32-19+,33-20+,34-25+,35-26+;. The maximum atomic E-state index is 12.3. The van der Waals surface area contributed by atoms with E-state index < -0.39 is 5.97 Å². The van der Waals surface area contributed by atoms with E-state index in [0.29, 0.717) is 36.9 Å². The van der Waals surface area contributed by atoms with Crippen LogP contribution in [0.1, 0.15) is 141 Å². The molecule has 2 aromatic rings. The second-order valence-corrected chi connectivity index (χ2v) is 14.3. The first-order chi connectivity index (χ1) is 26.7. The lowest BCUT2D eigenvalue weighted by molar-refractivity contribution is 0.0516. The van der Waals surface area contributed by atoms with Gasteiger partial charge in [0.15, 0.2) is 23.0 Å². The summed E-state index contributed by atoms with van der Waals surface area (Å²) in [6.07, 6.45) is 22.0. The monoisotopic (exact) mass is 772 g/mol. The van der Waals surface area contributed by atoms with Gasteiger partial charge in [-0.25, -0.2) is 9.59 Å². The number of aromatic hydroxyl groups is 2. The van der Waals surface area contributed by atoms with Crippen LogP contribution in [-0.2, 0) is 9.47 Å². The van der Waals surface area contributed by atoms with Gasteiger partial charge in [0.2, 0.25) is 0 Å². The minimum atomic E-state index is -0.516. The van der Waals surface area contributed by atoms with E-state index in [1.807, 2.05) is 0 Å². The summed E-state index contributed by atoms with van der Waals surface area (Å²) in [5.74, 6) is -0.299. The normalized spacial score (nSPS) is 11.9. The van der Waals surface area contributed by atoms with Gasteiger partial charge >= 0.3 is 11.9 Å². The Kier molecular flexibility index (Phi) is 24.9. The highest BCUT2D eigenvalue weighted by Crippen LogP contribution is 2.29. The van der Waals surface area contributed by atoms with Crippen LogP contribution >= 0.6 is 0 Å². The number of allylic oxidation sites excluding steroid dienone is 10. The lowest BCUT2D eigenvalue weighted by Crippen LogP contribution is -2.07. The molecule has 0 spiro atoms. The zero-order chi connectivity index (χ0) is 41.9. The van der Waals surface area contributed by atoms with Crippen molar-refractivity contribution >= 4 is 11.9 Å². The Morgan fingerprint density at radius 1 is 0.500 bits per heavy atom. The summed E-state index contributed by atoms with van der Waals surface area (Å²) in [4.78, 5) is 23.4. The number of hydrogen-bond donors (Lipinski definition) is 2. The van der Waals surface area contributed by atoms with E-state index in [1.165, 1.54) is 45.6 Å². The Bertz CT molecular complexity index is 1700. The molecule has 2 rings (SSSR count). The number of rotatable bonds is 22. The van der Waals surface area contributed by atoms with Crippen LogP contribution < -0.4 is 9.47 Å². The van der Waals surface area contributed by atoms with Crippen LogP contribution in [0, 0.1) is 0 Å². The van der Waals surface area contributed by atoms with Crippen LogP contribution in [0.25, 0.3) is 0 Å². The number of benzene rings is 2. The Morgan fingerprint density at radius 2 is 0.893 bits per heavy atom. The molecule has 0 saturated carbocycles. The summed E-state index contributed by atoms with van der Waals surface area (Å²) < 4.78 is 22.1. The quantitative estimate of drug-likeness (QED) is 0.0691. The number of carbonyl (C=O) groups is 2. The molecule has 0 bridgehead atoms. The second-order valence-electron chi connectivity index (χ2n) is 14.3. The van der Waals surface area contributed by atoms with Gasteiger partial charge in [-0.1, -0.05) is 57.7 Å². The fourth-order valence-corrected chi connectivity index (χ4v) is 5.17. The Hall–Kier alpha value is -4.98. The van der Waals surface area contributed by atoms with Gasteiger partial charge in [0.1, 0.15) is 13.2 Å². The topological polar surface area (TPSA) is 112 Å². The van der Waals surface area contributed by atoms with E-state index in [0.717, 1.165) is 57.4 Å². The van der Waals surface area contributed by atoms with E-state index in [9.17, 15) is 9.59 Å². The van der Waals surface area contributed by atoms with E-state index in [1.54, 1.807) is 32.0 Å². The number of phenolic OH excluding ortho intramolecular Hbond substituents is 2. The van der Waals surface area contributed by atoms with Crippen LogP contribution in [0.2, 0.25) is 0 Å². The van der Waals surface area contributed by atoms with Gasteiger partial charge < -0.3 is 29.2 Å². The molecule has 308 valence electrons. The molecule has 0 heterocycles. The van der Waals surface area contributed by atoms with Crippen molar-refractivity contribution in [2.45, 2.75) is 121 Å². The third-order valence-electron chi connectivity index (χ3n) is 8.53. The van der Waals surface area contributed by atoms with Crippen molar-refractivity contribution in [3.8, 4) is 23.0 Å². The molecule has 0 radical (unpaired) electrons. The number of hydrogen-bond acceptors (Lipinski definition) is 8. The van der Waals surface area contributed by atoms with Crippen LogP contribution in [0.3, 0.4) is 0 Å². The van der Waals surface area contributed by atoms with Crippen LogP contribution in [0.15, 0.2) is 106 Å². The predicted octanol–water partition coefficient (Wildman–Crippen LogP) is 12.7. The molecular formula is C48H68O8. The first-order valence-electron chi connectivity index (χ1n) is 19.8. The molecule has 0 aromatic heterocycles. The average Bonchev–Trinajstić information content (AvgIpc) is 3.13. The average molecular weight is 773 g/mol. The van der Waals surface area contributed by atoms with Crippen molar-refractivity contribution in [3.05, 3.63) is 117 Å². The van der Waals surface area contributed by atoms with Crippen LogP contribution in [0.4, 0.5) is 0 Å². The molecule has 0 saturated heterocycles. The van der Waals surface area contributed by atoms with Gasteiger partial charge in [-0.15, -0.1) is 0 Å². The SMILES string of the molecule is CCOC(=O)c1ccc(O)c(O)c1.CCOC(=O)c1ccc(OC/C=C(\C)CC/C=C(\C)CCC=C(C)C)c(OC/C=C(\C)CC/C=C(\C)CCC=C(C)C)c1. The highest BCUT2D eigenvalue weighted by Gasteiger charge is 2.13. The fraction of sp³-hybridized carbons (Fsp3) is 0.458. The minimum absolute atomic E-state index is 0.220. The summed E-state index contributed by atoms with van der Waals surface area (Å²) >= 11 is 0. The predicted molar refractivity (Wildman–Crippen MR) is 230 cm³/mol. The van der Waals surface area contributed by atoms with Crippen molar-refractivity contribution < 1.29 is 38.7 Å². The number of carbonyl (C=O) groups excluding carboxylic acids is 2. The lowest BCUT2D eigenvalue weighted by atomic mass is 10.1. The molecule has 0 fully saturated rings. The number of ether oxygens (including phenoxy) is 4. The van der Waals surface area contributed by atoms with Gasteiger partial charge in [-0.2, -0.15) is 0 Å². The first-order valence-corrected chi connectivity index (χ1v) is 19.8. The molecule has 8 heteroatoms. The van der Waals surface area contributed by atoms with Crippen LogP contribution in [0.5, 0.6) is 23.0 Å². The molecular weight excluding hydrogens is 705 g/mol. The molecule has 0 amide bonds. The molecule has 0 aliphatic heterocycles. The molecule has 0 aliphatic carbocycles. The Labute approximate surface area is 337 Å². The third-order valence-corrected chi connectivity index (χ3v) is 8.53. The van der Waals surface area contributed by atoms with Gasteiger partial charge in [0.25, 0.3) is 0 Å². The van der Waals surface area contributed by atoms with E-state index in [2.05, 4.69) is 91.8 Å². The summed E-state index contributed by atoms with van der Waals surface area (Å²) in [6.45, 7) is 22.2. The Morgan fingerprint density at radius 3 is 1.32 bits per heavy atom. The summed E-state index contributed by atoms with van der Waals surface area (Å²) in [6, 6.07) is 9.02. The zero-order valence-corrected chi connectivity index (χ0v) is 35.8. The summed E-state index contributed by atoms with van der Waals surface area (Å²) in [7, 11) is 0. The smallest absolute Gasteiger partial charge is 0.338 e. The highest BCUT2D eigenvalue weighted by molar-refractivity contribution is 5.90. The molecule has 0 atom stereocenters. The van der Waals surface area contributed by atoms with Crippen molar-refractivity contribution in [2.24, 2.45) is 0 Å². The van der Waals surface area contributed by atoms with Crippen molar-refractivity contribution in [3.63, 3.8) is 0 Å². The largest absolute Gasteiger partial charge is 0.504 e. The van der Waals surface area contributed by atoms with Crippen molar-refractivity contribution in [2.75, 3.05) is 26.4 Å². The molecule has 56 heavy (non-hydrogen) atoms. The Balaban J connectivity index is 0.00000101. The second kappa shape index (κ2) is 28.4. The van der Waals surface area contributed by atoms with Crippen molar-refractivity contribution in [1.29, 1.82) is 0 Å². The van der Waals surface area contributed by atoms with Crippen molar-refractivity contribution in [1.82, 2.24) is 0 Å².